The number of aliphatic hydroxyl groups is 1. The van der Waals surface area contributed by atoms with Crippen molar-refractivity contribution in [2.45, 2.75) is 51.7 Å². The number of hydrogen-bond donors (Lipinski definition) is 1. The van der Waals surface area contributed by atoms with E-state index in [1.165, 1.54) is 6.07 Å². The molecule has 130 valence electrons. The van der Waals surface area contributed by atoms with Crippen molar-refractivity contribution in [1.82, 2.24) is 15.0 Å². The van der Waals surface area contributed by atoms with Gasteiger partial charge in [-0.15, -0.1) is 0 Å². The molecule has 1 aromatic carbocycles. The van der Waals surface area contributed by atoms with Gasteiger partial charge < -0.3 is 9.63 Å². The monoisotopic (exact) mass is 333 g/mol. The second-order valence-corrected chi connectivity index (χ2v) is 7.02. The van der Waals surface area contributed by atoms with Crippen LogP contribution >= 0.6 is 0 Å². The number of likely N-dealkylation sites (tertiary alicyclic amines) is 1. The van der Waals surface area contributed by atoms with Gasteiger partial charge in [-0.25, -0.2) is 4.39 Å². The van der Waals surface area contributed by atoms with Crippen molar-refractivity contribution >= 4 is 0 Å². The van der Waals surface area contributed by atoms with E-state index in [2.05, 4.69) is 28.9 Å². The largest absolute Gasteiger partial charge is 0.391 e. The third kappa shape index (κ3) is 3.35. The molecule has 1 saturated heterocycles. The lowest BCUT2D eigenvalue weighted by Gasteiger charge is -2.33. The SMILES string of the molecule is Cc1ccc(-c2noc(CCCN3CCC(O)C3(C)C)n2)cc1F. The summed E-state index contributed by atoms with van der Waals surface area (Å²) >= 11 is 0. The first kappa shape index (κ1) is 17.0. The maximum absolute atomic E-state index is 13.6. The summed E-state index contributed by atoms with van der Waals surface area (Å²) in [6.07, 6.45) is 2.09. The van der Waals surface area contributed by atoms with E-state index >= 15 is 0 Å². The molecule has 0 bridgehead atoms. The van der Waals surface area contributed by atoms with E-state index in [9.17, 15) is 9.50 Å². The average molecular weight is 333 g/mol. The highest BCUT2D eigenvalue weighted by molar-refractivity contribution is 5.54. The fourth-order valence-corrected chi connectivity index (χ4v) is 3.16. The Morgan fingerprint density at radius 2 is 2.21 bits per heavy atom. The second-order valence-electron chi connectivity index (χ2n) is 7.02. The van der Waals surface area contributed by atoms with E-state index in [0.717, 1.165) is 25.9 Å². The molecule has 1 N–H and O–H groups in total. The number of rotatable bonds is 5. The van der Waals surface area contributed by atoms with E-state index in [0.29, 0.717) is 29.3 Å². The van der Waals surface area contributed by atoms with Crippen LogP contribution in [0, 0.1) is 12.7 Å². The van der Waals surface area contributed by atoms with Crippen LogP contribution in [0.2, 0.25) is 0 Å². The van der Waals surface area contributed by atoms with Gasteiger partial charge >= 0.3 is 0 Å². The number of hydrogen-bond acceptors (Lipinski definition) is 5. The molecule has 0 spiro atoms. The zero-order chi connectivity index (χ0) is 17.3. The predicted octanol–water partition coefficient (Wildman–Crippen LogP) is 2.96. The molecule has 0 radical (unpaired) electrons. The van der Waals surface area contributed by atoms with E-state index in [-0.39, 0.29) is 17.5 Å². The van der Waals surface area contributed by atoms with Crippen LogP contribution in [-0.2, 0) is 6.42 Å². The van der Waals surface area contributed by atoms with E-state index < -0.39 is 0 Å². The van der Waals surface area contributed by atoms with Gasteiger partial charge in [0.05, 0.1) is 6.10 Å². The van der Waals surface area contributed by atoms with Crippen LogP contribution in [0.1, 0.15) is 38.1 Å². The minimum atomic E-state index is -0.274. The Kier molecular flexibility index (Phi) is 4.69. The number of benzene rings is 1. The Hall–Kier alpha value is -1.79. The maximum Gasteiger partial charge on any atom is 0.227 e. The van der Waals surface area contributed by atoms with Crippen molar-refractivity contribution < 1.29 is 14.0 Å². The first-order valence-electron chi connectivity index (χ1n) is 8.40. The highest BCUT2D eigenvalue weighted by Gasteiger charge is 2.39. The molecule has 1 fully saturated rings. The standard InChI is InChI=1S/C18H24FN3O2/c1-12-6-7-13(11-14(12)19)17-20-16(24-21-17)5-4-9-22-10-8-15(23)18(22,2)3/h6-7,11,15,23H,4-5,8-10H2,1-3H3. The van der Waals surface area contributed by atoms with Crippen LogP contribution in [-0.4, -0.2) is 44.9 Å². The third-order valence-electron chi connectivity index (χ3n) is 5.02. The Morgan fingerprint density at radius 3 is 2.88 bits per heavy atom. The summed E-state index contributed by atoms with van der Waals surface area (Å²) in [6.45, 7) is 7.65. The van der Waals surface area contributed by atoms with Crippen molar-refractivity contribution in [1.29, 1.82) is 0 Å². The number of aliphatic hydroxyl groups excluding tert-OH is 1. The van der Waals surface area contributed by atoms with Gasteiger partial charge in [0.25, 0.3) is 0 Å². The number of halogens is 1. The maximum atomic E-state index is 13.6. The molecule has 3 rings (SSSR count). The fraction of sp³-hybridized carbons (Fsp3) is 0.556. The summed E-state index contributed by atoms with van der Waals surface area (Å²) < 4.78 is 18.9. The van der Waals surface area contributed by atoms with Gasteiger partial charge in [-0.2, -0.15) is 4.98 Å². The van der Waals surface area contributed by atoms with E-state index in [1.807, 2.05) is 0 Å². The lowest BCUT2D eigenvalue weighted by molar-refractivity contribution is 0.0539. The molecule has 1 unspecified atom stereocenters. The molecule has 0 amide bonds. The van der Waals surface area contributed by atoms with Crippen molar-refractivity contribution in [2.24, 2.45) is 0 Å². The van der Waals surface area contributed by atoms with Gasteiger partial charge in [0.15, 0.2) is 0 Å². The first-order chi connectivity index (χ1) is 11.4. The average Bonchev–Trinajstić information content (AvgIpc) is 3.10. The van der Waals surface area contributed by atoms with Gasteiger partial charge in [0, 0.05) is 24.1 Å². The number of aromatic nitrogens is 2. The van der Waals surface area contributed by atoms with Gasteiger partial charge in [-0.1, -0.05) is 17.3 Å². The van der Waals surface area contributed by atoms with Crippen molar-refractivity contribution in [3.8, 4) is 11.4 Å². The normalized spacial score (nSPS) is 20.6. The number of nitrogens with zero attached hydrogens (tertiary/aromatic N) is 3. The molecule has 24 heavy (non-hydrogen) atoms. The second kappa shape index (κ2) is 6.61. The first-order valence-corrected chi connectivity index (χ1v) is 8.40. The Bertz CT molecular complexity index is 714. The van der Waals surface area contributed by atoms with Gasteiger partial charge in [-0.3, -0.25) is 4.90 Å². The van der Waals surface area contributed by atoms with Crippen molar-refractivity contribution in [3.05, 3.63) is 35.5 Å². The summed E-state index contributed by atoms with van der Waals surface area (Å²) in [5.41, 5.74) is 1.04. The lowest BCUT2D eigenvalue weighted by atomic mass is 9.98. The Labute approximate surface area is 141 Å². The zero-order valence-electron chi connectivity index (χ0n) is 14.4. The van der Waals surface area contributed by atoms with Crippen LogP contribution in [0.3, 0.4) is 0 Å². The van der Waals surface area contributed by atoms with Gasteiger partial charge in [-0.05, 0) is 51.8 Å². The summed E-state index contributed by atoms with van der Waals surface area (Å²) in [5.74, 6) is 0.707. The molecule has 2 aromatic rings. The van der Waals surface area contributed by atoms with Crippen LogP contribution in [0.4, 0.5) is 4.39 Å². The summed E-state index contributed by atoms with van der Waals surface area (Å²) in [6, 6.07) is 4.93. The molecule has 5 nitrogen and oxygen atoms in total. The molecular formula is C18H24FN3O2. The quantitative estimate of drug-likeness (QED) is 0.911. The molecule has 0 aliphatic carbocycles. The molecule has 6 heteroatoms. The predicted molar refractivity (Wildman–Crippen MR) is 89.0 cm³/mol. The minimum absolute atomic E-state index is 0.181. The number of aryl methyl sites for hydroxylation is 2. The van der Waals surface area contributed by atoms with Crippen LogP contribution in [0.15, 0.2) is 22.7 Å². The molecule has 1 atom stereocenters. The molecule has 1 aliphatic heterocycles. The lowest BCUT2D eigenvalue weighted by Crippen LogP contribution is -2.45. The van der Waals surface area contributed by atoms with Gasteiger partial charge in [0.1, 0.15) is 5.82 Å². The third-order valence-corrected chi connectivity index (χ3v) is 5.02. The van der Waals surface area contributed by atoms with Crippen LogP contribution in [0.25, 0.3) is 11.4 Å². The molecular weight excluding hydrogens is 309 g/mol. The highest BCUT2D eigenvalue weighted by atomic mass is 19.1. The van der Waals surface area contributed by atoms with Crippen molar-refractivity contribution in [3.63, 3.8) is 0 Å². The minimum Gasteiger partial charge on any atom is -0.391 e. The molecule has 0 saturated carbocycles. The molecule has 1 aliphatic rings. The Balaban J connectivity index is 1.58. The van der Waals surface area contributed by atoms with E-state index in [4.69, 9.17) is 4.52 Å². The summed E-state index contributed by atoms with van der Waals surface area (Å²) in [4.78, 5) is 6.65. The van der Waals surface area contributed by atoms with Crippen LogP contribution < -0.4 is 0 Å². The van der Waals surface area contributed by atoms with E-state index in [1.54, 1.807) is 19.1 Å². The summed E-state index contributed by atoms with van der Waals surface area (Å²) in [5, 5.41) is 13.9. The topological polar surface area (TPSA) is 62.4 Å². The fourth-order valence-electron chi connectivity index (χ4n) is 3.16. The molecule has 1 aromatic heterocycles. The molecule has 2 heterocycles. The smallest absolute Gasteiger partial charge is 0.227 e. The van der Waals surface area contributed by atoms with Crippen molar-refractivity contribution in [2.75, 3.05) is 13.1 Å². The van der Waals surface area contributed by atoms with Gasteiger partial charge in [0.2, 0.25) is 11.7 Å². The Morgan fingerprint density at radius 1 is 1.42 bits per heavy atom. The van der Waals surface area contributed by atoms with Crippen LogP contribution in [0.5, 0.6) is 0 Å². The zero-order valence-corrected chi connectivity index (χ0v) is 14.4. The summed E-state index contributed by atoms with van der Waals surface area (Å²) in [7, 11) is 0. The highest BCUT2D eigenvalue weighted by Crippen LogP contribution is 2.29.